The van der Waals surface area contributed by atoms with E-state index < -0.39 is 17.9 Å². The molecule has 0 radical (unpaired) electrons. The van der Waals surface area contributed by atoms with Crippen LogP contribution in [0.4, 0.5) is 0 Å². The van der Waals surface area contributed by atoms with Gasteiger partial charge in [-0.1, -0.05) is 0 Å². The number of nitrogens with two attached hydrogens (primary N) is 1. The lowest BCUT2D eigenvalue weighted by Gasteiger charge is -2.37. The van der Waals surface area contributed by atoms with Crippen molar-refractivity contribution >= 4 is 11.8 Å². The van der Waals surface area contributed by atoms with Gasteiger partial charge in [-0.25, -0.2) is 4.98 Å². The van der Waals surface area contributed by atoms with Crippen molar-refractivity contribution in [1.82, 2.24) is 9.97 Å². The average molecular weight is 492 g/mol. The molecule has 3 aliphatic rings. The maximum Gasteiger partial charge on any atom is 0.310 e. The molecule has 1 aliphatic carbocycles. The Balaban J connectivity index is 1.58. The van der Waals surface area contributed by atoms with Gasteiger partial charge in [0.25, 0.3) is 0 Å². The van der Waals surface area contributed by atoms with Crippen LogP contribution in [0.1, 0.15) is 34.5 Å². The Morgan fingerprint density at radius 2 is 1.81 bits per heavy atom. The van der Waals surface area contributed by atoms with E-state index in [9.17, 15) is 9.90 Å². The number of nitrogens with zero attached hydrogens (tertiary/aromatic N) is 2. The van der Waals surface area contributed by atoms with Crippen LogP contribution in [0.5, 0.6) is 28.7 Å². The molecule has 3 heterocycles. The number of phenols is 1. The molecular formula is C25H24N4O7. The van der Waals surface area contributed by atoms with Gasteiger partial charge in [0, 0.05) is 24.2 Å². The summed E-state index contributed by atoms with van der Waals surface area (Å²) in [5.41, 5.74) is 8.68. The van der Waals surface area contributed by atoms with E-state index >= 15 is 0 Å². The summed E-state index contributed by atoms with van der Waals surface area (Å²) in [6.45, 7) is 0.279. The summed E-state index contributed by atoms with van der Waals surface area (Å²) in [5.74, 6) is 0.498. The molecule has 36 heavy (non-hydrogen) atoms. The minimum absolute atomic E-state index is 0.0983. The van der Waals surface area contributed by atoms with E-state index in [1.165, 1.54) is 14.2 Å². The first-order valence-electron chi connectivity index (χ1n) is 11.4. The third-order valence-corrected chi connectivity index (χ3v) is 7.03. The third-order valence-electron chi connectivity index (χ3n) is 7.03. The number of H-pyrrole nitrogens is 1. The largest absolute Gasteiger partial charge is 0.502 e. The molecule has 0 unspecified atom stereocenters. The van der Waals surface area contributed by atoms with Crippen molar-refractivity contribution in [2.24, 2.45) is 22.6 Å². The number of amidine groups is 1. The SMILES string of the molecule is COc1cc([C@@H]2c3cc4c(cc3[C@@H](N=C(N)c3ncc[nH]3)[C@H]3COC(=O)[C@H]23)OCO4)cc(OC)c1O. The number of methoxy groups -OCH3 is 2. The molecule has 3 aromatic rings. The van der Waals surface area contributed by atoms with Crippen molar-refractivity contribution in [3.8, 4) is 28.7 Å². The van der Waals surface area contributed by atoms with E-state index in [2.05, 4.69) is 9.97 Å². The molecule has 0 bridgehead atoms. The molecule has 2 aromatic carbocycles. The number of carbonyl (C=O) groups is 1. The van der Waals surface area contributed by atoms with Crippen LogP contribution in [0.25, 0.3) is 0 Å². The van der Waals surface area contributed by atoms with Gasteiger partial charge < -0.3 is 39.5 Å². The van der Waals surface area contributed by atoms with E-state index in [1.807, 2.05) is 12.1 Å². The minimum atomic E-state index is -0.574. The fraction of sp³-hybridized carbons (Fsp3) is 0.320. The molecule has 0 spiro atoms. The molecule has 1 saturated heterocycles. The van der Waals surface area contributed by atoms with E-state index in [0.717, 1.165) is 16.7 Å². The molecule has 11 heteroatoms. The number of aromatic hydroxyl groups is 1. The van der Waals surface area contributed by atoms with Crippen molar-refractivity contribution < 1.29 is 33.6 Å². The van der Waals surface area contributed by atoms with E-state index in [0.29, 0.717) is 17.3 Å². The summed E-state index contributed by atoms with van der Waals surface area (Å²) in [7, 11) is 2.92. The van der Waals surface area contributed by atoms with E-state index in [4.69, 9.17) is 34.4 Å². The van der Waals surface area contributed by atoms with Gasteiger partial charge in [-0.15, -0.1) is 0 Å². The first-order valence-corrected chi connectivity index (χ1v) is 11.4. The number of benzene rings is 2. The summed E-state index contributed by atoms with van der Waals surface area (Å²) >= 11 is 0. The van der Waals surface area contributed by atoms with Gasteiger partial charge in [-0.2, -0.15) is 0 Å². The summed E-state index contributed by atoms with van der Waals surface area (Å²) in [6, 6.07) is 6.69. The number of hydrogen-bond donors (Lipinski definition) is 3. The lowest BCUT2D eigenvalue weighted by Crippen LogP contribution is -2.35. The first-order chi connectivity index (χ1) is 17.5. The molecule has 1 aromatic heterocycles. The summed E-state index contributed by atoms with van der Waals surface area (Å²) in [5, 5.41) is 10.5. The number of esters is 1. The Kier molecular flexibility index (Phi) is 5.13. The van der Waals surface area contributed by atoms with Crippen LogP contribution in [-0.2, 0) is 9.53 Å². The topological polar surface area (TPSA) is 151 Å². The minimum Gasteiger partial charge on any atom is -0.502 e. The predicted octanol–water partition coefficient (Wildman–Crippen LogP) is 2.24. The Morgan fingerprint density at radius 3 is 2.44 bits per heavy atom. The lowest BCUT2D eigenvalue weighted by atomic mass is 9.65. The van der Waals surface area contributed by atoms with Crippen LogP contribution in [0.15, 0.2) is 41.7 Å². The standard InChI is InChI=1S/C25H24N4O7/c1-32-17-5-11(6-18(33-2)22(17)30)19-12-7-15-16(36-10-35-15)8-13(12)21(14-9-34-25(31)20(14)19)29-23(26)24-27-3-4-28-24/h3-8,14,19-21,30H,9-10H2,1-2H3,(H2,26,29)(H,27,28)/t14-,19+,20-,21+/m0/s1. The number of hydrogen-bond acceptors (Lipinski definition) is 9. The van der Waals surface area contributed by atoms with Crippen LogP contribution in [0.3, 0.4) is 0 Å². The van der Waals surface area contributed by atoms with Gasteiger partial charge in [0.05, 0.1) is 32.8 Å². The second kappa shape index (κ2) is 8.36. The first kappa shape index (κ1) is 22.1. The zero-order valence-electron chi connectivity index (χ0n) is 19.6. The number of carbonyl (C=O) groups excluding carboxylic acids is 1. The normalized spacial score (nSPS) is 24.2. The number of fused-ring (bicyclic) bond motifs is 3. The van der Waals surface area contributed by atoms with Gasteiger partial charge in [0.15, 0.2) is 34.7 Å². The van der Waals surface area contributed by atoms with Gasteiger partial charge in [0.1, 0.15) is 0 Å². The molecule has 11 nitrogen and oxygen atoms in total. The highest BCUT2D eigenvalue weighted by molar-refractivity contribution is 5.94. The number of phenolic OH excluding ortho intramolecular Hbond substituents is 1. The quantitative estimate of drug-likeness (QED) is 0.277. The highest BCUT2D eigenvalue weighted by Gasteiger charge is 2.53. The fourth-order valence-corrected chi connectivity index (χ4v) is 5.41. The van der Waals surface area contributed by atoms with Crippen molar-refractivity contribution in [2.75, 3.05) is 27.6 Å². The number of cyclic esters (lactones) is 1. The molecule has 6 rings (SSSR count). The van der Waals surface area contributed by atoms with Gasteiger partial charge in [-0.3, -0.25) is 9.79 Å². The summed E-state index contributed by atoms with van der Waals surface area (Å²) in [4.78, 5) is 25.2. The summed E-state index contributed by atoms with van der Waals surface area (Å²) in [6.07, 6.45) is 3.26. The van der Waals surface area contributed by atoms with Crippen LogP contribution in [0.2, 0.25) is 0 Å². The second-order valence-electron chi connectivity index (χ2n) is 8.80. The van der Waals surface area contributed by atoms with E-state index in [-0.39, 0.29) is 48.4 Å². The maximum atomic E-state index is 13.2. The van der Waals surface area contributed by atoms with Crippen LogP contribution in [0, 0.1) is 11.8 Å². The summed E-state index contributed by atoms with van der Waals surface area (Å²) < 4.78 is 27.7. The molecule has 0 saturated carbocycles. The Bertz CT molecular complexity index is 1350. The lowest BCUT2D eigenvalue weighted by molar-refractivity contribution is -0.141. The maximum absolute atomic E-state index is 13.2. The molecular weight excluding hydrogens is 468 g/mol. The molecule has 186 valence electrons. The second-order valence-corrected chi connectivity index (χ2v) is 8.80. The van der Waals surface area contributed by atoms with Crippen molar-refractivity contribution in [3.63, 3.8) is 0 Å². The number of aromatic amines is 1. The number of ether oxygens (including phenoxy) is 5. The molecule has 0 amide bonds. The molecule has 1 fully saturated rings. The highest BCUT2D eigenvalue weighted by Crippen LogP contribution is 2.56. The van der Waals surface area contributed by atoms with Gasteiger partial charge in [0.2, 0.25) is 12.5 Å². The molecule has 2 aliphatic heterocycles. The average Bonchev–Trinajstić information content (AvgIpc) is 3.65. The number of nitrogens with one attached hydrogen (secondary N) is 1. The fourth-order valence-electron chi connectivity index (χ4n) is 5.41. The third kappa shape index (κ3) is 3.30. The number of aromatic nitrogens is 2. The zero-order valence-corrected chi connectivity index (χ0v) is 19.6. The number of aliphatic imine (C=N–C) groups is 1. The van der Waals surface area contributed by atoms with Gasteiger partial charge >= 0.3 is 5.97 Å². The predicted molar refractivity (Wildman–Crippen MR) is 126 cm³/mol. The van der Waals surface area contributed by atoms with E-state index in [1.54, 1.807) is 24.5 Å². The monoisotopic (exact) mass is 492 g/mol. The number of imidazole rings is 1. The Morgan fingerprint density at radius 1 is 1.11 bits per heavy atom. The Hall–Kier alpha value is -4.41. The molecule has 4 N–H and O–H groups in total. The smallest absolute Gasteiger partial charge is 0.310 e. The molecule has 4 atom stereocenters. The van der Waals surface area contributed by atoms with Crippen LogP contribution < -0.4 is 24.7 Å². The highest BCUT2D eigenvalue weighted by atomic mass is 16.7. The van der Waals surface area contributed by atoms with Gasteiger partial charge in [-0.05, 0) is 41.0 Å². The van der Waals surface area contributed by atoms with Crippen molar-refractivity contribution in [3.05, 3.63) is 59.2 Å². The Labute approximate surface area is 205 Å². The van der Waals surface area contributed by atoms with Crippen LogP contribution in [-0.4, -0.2) is 54.5 Å². The zero-order chi connectivity index (χ0) is 25.0. The van der Waals surface area contributed by atoms with Crippen molar-refractivity contribution in [2.45, 2.75) is 12.0 Å². The van der Waals surface area contributed by atoms with Crippen LogP contribution >= 0.6 is 0 Å². The number of rotatable bonds is 5. The van der Waals surface area contributed by atoms with Crippen molar-refractivity contribution in [1.29, 1.82) is 0 Å².